The van der Waals surface area contributed by atoms with Gasteiger partial charge >= 0.3 is 0 Å². The first kappa shape index (κ1) is 11.7. The second-order valence-electron chi connectivity index (χ2n) is 4.91. The zero-order valence-electron chi connectivity index (χ0n) is 10.1. The number of alkyl halides is 2. The summed E-state index contributed by atoms with van der Waals surface area (Å²) in [7, 11) is 0. The quantitative estimate of drug-likeness (QED) is 0.862. The number of rotatable bonds is 5. The van der Waals surface area contributed by atoms with Crippen LogP contribution in [0.25, 0.3) is 10.9 Å². The van der Waals surface area contributed by atoms with Crippen LogP contribution in [0.15, 0.2) is 30.5 Å². The van der Waals surface area contributed by atoms with E-state index in [1.807, 2.05) is 18.2 Å². The molecule has 1 aliphatic rings. The van der Waals surface area contributed by atoms with Crippen molar-refractivity contribution in [2.45, 2.75) is 38.4 Å². The van der Waals surface area contributed by atoms with Gasteiger partial charge in [-0.05, 0) is 42.0 Å². The molecule has 0 unspecified atom stereocenters. The average molecular weight is 250 g/mol. The number of aromatic nitrogens is 1. The number of nitrogens with zero attached hydrogens (tertiary/aromatic N) is 1. The van der Waals surface area contributed by atoms with E-state index in [4.69, 9.17) is 0 Å². The minimum Gasteiger partial charge on any atom is -0.342 e. The summed E-state index contributed by atoms with van der Waals surface area (Å²) in [6.45, 7) is 0.629. The van der Waals surface area contributed by atoms with Gasteiger partial charge in [0.05, 0.1) is 6.54 Å². The van der Waals surface area contributed by atoms with Crippen LogP contribution < -0.4 is 5.32 Å². The molecule has 0 aliphatic heterocycles. The van der Waals surface area contributed by atoms with Crippen molar-refractivity contribution < 1.29 is 8.78 Å². The predicted octanol–water partition coefficient (Wildman–Crippen LogP) is 3.16. The normalized spacial score (nSPS) is 15.7. The molecule has 2 nitrogen and oxygen atoms in total. The third-order valence-electron chi connectivity index (χ3n) is 3.34. The lowest BCUT2D eigenvalue weighted by atomic mass is 10.1. The number of nitrogens with one attached hydrogen (secondary N) is 1. The Morgan fingerprint density at radius 1 is 1.28 bits per heavy atom. The Hall–Kier alpha value is -1.42. The molecule has 1 fully saturated rings. The maximum absolute atomic E-state index is 12.4. The van der Waals surface area contributed by atoms with Gasteiger partial charge in [-0.3, -0.25) is 0 Å². The molecule has 0 saturated heterocycles. The molecule has 0 spiro atoms. The first-order valence-corrected chi connectivity index (χ1v) is 6.32. The molecule has 1 aromatic carbocycles. The first-order chi connectivity index (χ1) is 8.72. The van der Waals surface area contributed by atoms with Crippen LogP contribution >= 0.6 is 0 Å². The van der Waals surface area contributed by atoms with Gasteiger partial charge in [-0.2, -0.15) is 0 Å². The molecule has 0 radical (unpaired) electrons. The summed E-state index contributed by atoms with van der Waals surface area (Å²) in [4.78, 5) is 0. The highest BCUT2D eigenvalue weighted by Crippen LogP contribution is 2.21. The van der Waals surface area contributed by atoms with Crippen molar-refractivity contribution in [1.29, 1.82) is 0 Å². The molecule has 0 bridgehead atoms. The standard InChI is InChI=1S/C14H16F2N2/c15-14(16)9-18-6-5-11-7-10(1-4-13(11)18)8-17-12-2-3-12/h1,4-7,12,14,17H,2-3,8-9H2. The van der Waals surface area contributed by atoms with Gasteiger partial charge in [0.15, 0.2) is 0 Å². The Kier molecular flexibility index (Phi) is 3.04. The summed E-state index contributed by atoms with van der Waals surface area (Å²) in [5.74, 6) is 0. The number of hydrogen-bond acceptors (Lipinski definition) is 1. The molecule has 18 heavy (non-hydrogen) atoms. The third-order valence-corrected chi connectivity index (χ3v) is 3.34. The molecule has 3 rings (SSSR count). The topological polar surface area (TPSA) is 17.0 Å². The third kappa shape index (κ3) is 2.53. The highest BCUT2D eigenvalue weighted by molar-refractivity contribution is 5.80. The predicted molar refractivity (Wildman–Crippen MR) is 67.8 cm³/mol. The van der Waals surface area contributed by atoms with Crippen LogP contribution in [0, 0.1) is 0 Å². The zero-order chi connectivity index (χ0) is 12.5. The van der Waals surface area contributed by atoms with Gasteiger partial charge in [-0.1, -0.05) is 6.07 Å². The Morgan fingerprint density at radius 3 is 2.83 bits per heavy atom. The van der Waals surface area contributed by atoms with Crippen LogP contribution in [0.1, 0.15) is 18.4 Å². The largest absolute Gasteiger partial charge is 0.342 e. The average Bonchev–Trinajstić information content (AvgIpc) is 3.09. The van der Waals surface area contributed by atoms with Crippen LogP contribution in [-0.2, 0) is 13.1 Å². The lowest BCUT2D eigenvalue weighted by molar-refractivity contribution is 0.128. The zero-order valence-corrected chi connectivity index (χ0v) is 10.1. The minimum absolute atomic E-state index is 0.233. The Bertz CT molecular complexity index is 544. The van der Waals surface area contributed by atoms with E-state index in [9.17, 15) is 8.78 Å². The van der Waals surface area contributed by atoms with E-state index in [0.29, 0.717) is 6.04 Å². The van der Waals surface area contributed by atoms with E-state index in [1.54, 1.807) is 10.8 Å². The van der Waals surface area contributed by atoms with Crippen molar-refractivity contribution in [3.8, 4) is 0 Å². The van der Waals surface area contributed by atoms with Gasteiger partial charge in [0, 0.05) is 24.3 Å². The molecule has 4 heteroatoms. The van der Waals surface area contributed by atoms with E-state index < -0.39 is 6.43 Å². The summed E-state index contributed by atoms with van der Waals surface area (Å²) in [6, 6.07) is 8.61. The molecule has 1 heterocycles. The van der Waals surface area contributed by atoms with Gasteiger partial charge in [0.1, 0.15) is 0 Å². The van der Waals surface area contributed by atoms with Crippen molar-refractivity contribution in [2.24, 2.45) is 0 Å². The van der Waals surface area contributed by atoms with Crippen molar-refractivity contribution in [1.82, 2.24) is 9.88 Å². The van der Waals surface area contributed by atoms with Gasteiger partial charge in [-0.25, -0.2) is 8.78 Å². The van der Waals surface area contributed by atoms with E-state index in [1.165, 1.54) is 18.4 Å². The molecule has 2 aromatic rings. The molecule has 0 atom stereocenters. The van der Waals surface area contributed by atoms with Crippen molar-refractivity contribution >= 4 is 10.9 Å². The second kappa shape index (κ2) is 4.69. The van der Waals surface area contributed by atoms with Gasteiger partial charge in [-0.15, -0.1) is 0 Å². The monoisotopic (exact) mass is 250 g/mol. The highest BCUT2D eigenvalue weighted by atomic mass is 19.3. The fourth-order valence-electron chi connectivity index (χ4n) is 2.22. The van der Waals surface area contributed by atoms with E-state index >= 15 is 0 Å². The molecule has 0 amide bonds. The molecule has 1 aliphatic carbocycles. The van der Waals surface area contributed by atoms with E-state index in [2.05, 4.69) is 11.4 Å². The van der Waals surface area contributed by atoms with E-state index in [0.717, 1.165) is 17.4 Å². The summed E-state index contributed by atoms with van der Waals surface area (Å²) in [5, 5.41) is 4.48. The smallest absolute Gasteiger partial charge is 0.256 e. The number of benzene rings is 1. The van der Waals surface area contributed by atoms with Crippen LogP contribution in [0.4, 0.5) is 8.78 Å². The highest BCUT2D eigenvalue weighted by Gasteiger charge is 2.19. The SMILES string of the molecule is FC(F)Cn1ccc2cc(CNC3CC3)ccc21. The fourth-order valence-corrected chi connectivity index (χ4v) is 2.22. The first-order valence-electron chi connectivity index (χ1n) is 6.32. The molecular weight excluding hydrogens is 234 g/mol. The summed E-state index contributed by atoms with van der Waals surface area (Å²) < 4.78 is 26.4. The lowest BCUT2D eigenvalue weighted by Crippen LogP contribution is -2.15. The number of fused-ring (bicyclic) bond motifs is 1. The summed E-state index contributed by atoms with van der Waals surface area (Å²) >= 11 is 0. The fraction of sp³-hybridized carbons (Fsp3) is 0.429. The van der Waals surface area contributed by atoms with Crippen LogP contribution in [0.3, 0.4) is 0 Å². The Balaban J connectivity index is 1.79. The van der Waals surface area contributed by atoms with Crippen molar-refractivity contribution in [3.63, 3.8) is 0 Å². The van der Waals surface area contributed by atoms with Crippen LogP contribution in [-0.4, -0.2) is 17.0 Å². The molecule has 1 aromatic heterocycles. The maximum atomic E-state index is 12.4. The van der Waals surface area contributed by atoms with Crippen molar-refractivity contribution in [2.75, 3.05) is 0 Å². The summed E-state index contributed by atoms with van der Waals surface area (Å²) in [6.07, 6.45) is 1.96. The lowest BCUT2D eigenvalue weighted by Gasteiger charge is -2.06. The molecule has 96 valence electrons. The minimum atomic E-state index is -2.31. The van der Waals surface area contributed by atoms with Crippen LogP contribution in [0.5, 0.6) is 0 Å². The maximum Gasteiger partial charge on any atom is 0.256 e. The van der Waals surface area contributed by atoms with Gasteiger partial charge < -0.3 is 9.88 Å². The summed E-state index contributed by atoms with van der Waals surface area (Å²) in [5.41, 5.74) is 2.09. The van der Waals surface area contributed by atoms with Crippen LogP contribution in [0.2, 0.25) is 0 Å². The van der Waals surface area contributed by atoms with Gasteiger partial charge in [0.25, 0.3) is 6.43 Å². The Morgan fingerprint density at radius 2 is 2.11 bits per heavy atom. The number of hydrogen-bond donors (Lipinski definition) is 1. The molecule has 1 saturated carbocycles. The van der Waals surface area contributed by atoms with Gasteiger partial charge in [0.2, 0.25) is 0 Å². The Labute approximate surface area is 105 Å². The number of halogens is 2. The van der Waals surface area contributed by atoms with E-state index in [-0.39, 0.29) is 6.54 Å². The van der Waals surface area contributed by atoms with Crippen molar-refractivity contribution in [3.05, 3.63) is 36.0 Å². The second-order valence-corrected chi connectivity index (χ2v) is 4.91. The molecule has 1 N–H and O–H groups in total. The molecular formula is C14H16F2N2.